The Morgan fingerprint density at radius 1 is 1.44 bits per heavy atom. The molecule has 0 saturated heterocycles. The lowest BCUT2D eigenvalue weighted by atomic mass is 9.74. The van der Waals surface area contributed by atoms with Crippen LogP contribution >= 0.6 is 0 Å². The number of nitrogens with zero attached hydrogens (tertiary/aromatic N) is 1. The molecule has 96 valence electrons. The Hall–Kier alpha value is -0.120. The summed E-state index contributed by atoms with van der Waals surface area (Å²) in [5.74, 6) is 0.879. The smallest absolute Gasteiger partial charge is 0.0307 e. The SMILES string of the molecule is CCC1CCCC(CN)(NCCN(C)C)C1. The van der Waals surface area contributed by atoms with Crippen molar-refractivity contribution in [3.8, 4) is 0 Å². The molecule has 2 atom stereocenters. The van der Waals surface area contributed by atoms with Gasteiger partial charge in [0.15, 0.2) is 0 Å². The van der Waals surface area contributed by atoms with E-state index in [4.69, 9.17) is 5.73 Å². The molecule has 3 N–H and O–H groups in total. The Morgan fingerprint density at radius 2 is 2.19 bits per heavy atom. The lowest BCUT2D eigenvalue weighted by Crippen LogP contribution is -2.55. The molecule has 0 aliphatic heterocycles. The van der Waals surface area contributed by atoms with Gasteiger partial charge in [0, 0.05) is 25.2 Å². The summed E-state index contributed by atoms with van der Waals surface area (Å²) in [7, 11) is 4.24. The van der Waals surface area contributed by atoms with Crippen molar-refractivity contribution in [3.63, 3.8) is 0 Å². The molecule has 3 heteroatoms. The number of likely N-dealkylation sites (N-methyl/N-ethyl adjacent to an activating group) is 1. The molecule has 16 heavy (non-hydrogen) atoms. The molecular formula is C13H29N3. The third-order valence-corrected chi connectivity index (χ3v) is 3.97. The third kappa shape index (κ3) is 4.04. The highest BCUT2D eigenvalue weighted by atomic mass is 15.1. The minimum atomic E-state index is 0.231. The monoisotopic (exact) mass is 227 g/mol. The zero-order valence-electron chi connectivity index (χ0n) is 11.3. The van der Waals surface area contributed by atoms with E-state index in [-0.39, 0.29) is 5.54 Å². The number of hydrogen-bond acceptors (Lipinski definition) is 3. The minimum Gasteiger partial charge on any atom is -0.329 e. The maximum Gasteiger partial charge on any atom is 0.0307 e. The predicted molar refractivity (Wildman–Crippen MR) is 70.6 cm³/mol. The average Bonchev–Trinajstić information content (AvgIpc) is 2.29. The van der Waals surface area contributed by atoms with Crippen LogP contribution in [0.1, 0.15) is 39.0 Å². The molecule has 0 heterocycles. The highest BCUT2D eigenvalue weighted by Crippen LogP contribution is 2.33. The lowest BCUT2D eigenvalue weighted by Gasteiger charge is -2.41. The van der Waals surface area contributed by atoms with Gasteiger partial charge in [0.25, 0.3) is 0 Å². The Bertz CT molecular complexity index is 194. The Kier molecular flexibility index (Phi) is 5.73. The van der Waals surface area contributed by atoms with E-state index in [0.29, 0.717) is 0 Å². The van der Waals surface area contributed by atoms with Crippen molar-refractivity contribution < 1.29 is 0 Å². The molecule has 0 radical (unpaired) electrons. The van der Waals surface area contributed by atoms with Gasteiger partial charge in [-0.05, 0) is 32.9 Å². The van der Waals surface area contributed by atoms with E-state index in [1.807, 2.05) is 0 Å². The molecule has 0 amide bonds. The maximum absolute atomic E-state index is 6.00. The summed E-state index contributed by atoms with van der Waals surface area (Å²) in [6, 6.07) is 0. The van der Waals surface area contributed by atoms with Crippen LogP contribution in [-0.4, -0.2) is 44.2 Å². The van der Waals surface area contributed by atoms with E-state index >= 15 is 0 Å². The van der Waals surface area contributed by atoms with Crippen molar-refractivity contribution in [3.05, 3.63) is 0 Å². The first-order valence-corrected chi connectivity index (χ1v) is 6.71. The number of nitrogens with two attached hydrogens (primary N) is 1. The van der Waals surface area contributed by atoms with E-state index in [2.05, 4.69) is 31.2 Å². The molecule has 1 aliphatic rings. The van der Waals surface area contributed by atoms with Gasteiger partial charge in [0.2, 0.25) is 0 Å². The number of rotatable bonds is 6. The molecule has 1 aliphatic carbocycles. The second-order valence-electron chi connectivity index (χ2n) is 5.59. The molecule has 0 aromatic carbocycles. The summed E-state index contributed by atoms with van der Waals surface area (Å²) in [4.78, 5) is 2.22. The molecule has 1 fully saturated rings. The van der Waals surface area contributed by atoms with Crippen molar-refractivity contribution in [2.45, 2.75) is 44.6 Å². The Balaban J connectivity index is 2.42. The number of hydrogen-bond donors (Lipinski definition) is 2. The van der Waals surface area contributed by atoms with Crippen LogP contribution in [0, 0.1) is 5.92 Å². The Morgan fingerprint density at radius 3 is 2.75 bits per heavy atom. The third-order valence-electron chi connectivity index (χ3n) is 3.97. The lowest BCUT2D eigenvalue weighted by molar-refractivity contribution is 0.177. The van der Waals surface area contributed by atoms with Crippen molar-refractivity contribution in [1.82, 2.24) is 10.2 Å². The Labute approximate surface area is 101 Å². The van der Waals surface area contributed by atoms with Crippen LogP contribution in [0.5, 0.6) is 0 Å². The van der Waals surface area contributed by atoms with Crippen molar-refractivity contribution in [2.75, 3.05) is 33.7 Å². The number of nitrogens with one attached hydrogen (secondary N) is 1. The zero-order valence-corrected chi connectivity index (χ0v) is 11.3. The second-order valence-corrected chi connectivity index (χ2v) is 5.59. The first kappa shape index (κ1) is 13.9. The molecule has 0 spiro atoms. The van der Waals surface area contributed by atoms with E-state index < -0.39 is 0 Å². The van der Waals surface area contributed by atoms with Crippen LogP contribution in [0.25, 0.3) is 0 Å². The maximum atomic E-state index is 6.00. The van der Waals surface area contributed by atoms with E-state index in [9.17, 15) is 0 Å². The van der Waals surface area contributed by atoms with E-state index in [1.54, 1.807) is 0 Å². The largest absolute Gasteiger partial charge is 0.329 e. The second kappa shape index (κ2) is 6.58. The van der Waals surface area contributed by atoms with Gasteiger partial charge in [-0.15, -0.1) is 0 Å². The first-order chi connectivity index (χ1) is 7.62. The van der Waals surface area contributed by atoms with Crippen LogP contribution in [0.3, 0.4) is 0 Å². The van der Waals surface area contributed by atoms with Crippen molar-refractivity contribution >= 4 is 0 Å². The molecule has 3 nitrogen and oxygen atoms in total. The van der Waals surface area contributed by atoms with Crippen LogP contribution in [0.2, 0.25) is 0 Å². The van der Waals surface area contributed by atoms with Gasteiger partial charge in [-0.25, -0.2) is 0 Å². The van der Waals surface area contributed by atoms with Gasteiger partial charge in [-0.3, -0.25) is 0 Å². The summed E-state index contributed by atoms with van der Waals surface area (Å²) in [6.07, 6.45) is 6.57. The quantitative estimate of drug-likeness (QED) is 0.721. The standard InChI is InChI=1S/C13H29N3/c1-4-12-6-5-7-13(10-12,11-14)15-8-9-16(2)3/h12,15H,4-11,14H2,1-3H3. The fraction of sp³-hybridized carbons (Fsp3) is 1.00. The summed E-state index contributed by atoms with van der Waals surface area (Å²) in [5.41, 5.74) is 6.23. The molecular weight excluding hydrogens is 198 g/mol. The fourth-order valence-corrected chi connectivity index (χ4v) is 2.80. The van der Waals surface area contributed by atoms with Gasteiger partial charge in [-0.2, -0.15) is 0 Å². The van der Waals surface area contributed by atoms with Gasteiger partial charge in [0.05, 0.1) is 0 Å². The summed E-state index contributed by atoms with van der Waals surface area (Å²) in [6.45, 7) is 5.24. The summed E-state index contributed by atoms with van der Waals surface area (Å²) < 4.78 is 0. The van der Waals surface area contributed by atoms with Crippen molar-refractivity contribution in [1.29, 1.82) is 0 Å². The van der Waals surface area contributed by atoms with E-state index in [0.717, 1.165) is 25.6 Å². The van der Waals surface area contributed by atoms with Crippen LogP contribution in [-0.2, 0) is 0 Å². The normalized spacial score (nSPS) is 30.9. The summed E-state index contributed by atoms with van der Waals surface area (Å²) in [5, 5.41) is 3.71. The van der Waals surface area contributed by atoms with Crippen molar-refractivity contribution in [2.24, 2.45) is 11.7 Å². The fourth-order valence-electron chi connectivity index (χ4n) is 2.80. The minimum absolute atomic E-state index is 0.231. The van der Waals surface area contributed by atoms with Gasteiger partial charge in [0.1, 0.15) is 0 Å². The predicted octanol–water partition coefficient (Wildman–Crippen LogP) is 1.44. The van der Waals surface area contributed by atoms with Crippen LogP contribution in [0.15, 0.2) is 0 Å². The highest BCUT2D eigenvalue weighted by Gasteiger charge is 2.33. The molecule has 2 unspecified atom stereocenters. The first-order valence-electron chi connectivity index (χ1n) is 6.71. The van der Waals surface area contributed by atoms with E-state index in [1.165, 1.54) is 32.1 Å². The topological polar surface area (TPSA) is 41.3 Å². The zero-order chi connectivity index (χ0) is 12.0. The highest BCUT2D eigenvalue weighted by molar-refractivity contribution is 4.94. The van der Waals surface area contributed by atoms with Crippen LogP contribution in [0.4, 0.5) is 0 Å². The molecule has 0 aromatic rings. The summed E-state index contributed by atoms with van der Waals surface area (Å²) >= 11 is 0. The van der Waals surface area contributed by atoms with Gasteiger partial charge < -0.3 is 16.0 Å². The molecule has 1 saturated carbocycles. The average molecular weight is 227 g/mol. The van der Waals surface area contributed by atoms with Crippen LogP contribution < -0.4 is 11.1 Å². The van der Waals surface area contributed by atoms with Gasteiger partial charge >= 0.3 is 0 Å². The molecule has 0 bridgehead atoms. The molecule has 0 aromatic heterocycles. The molecule has 1 rings (SSSR count). The van der Waals surface area contributed by atoms with Gasteiger partial charge in [-0.1, -0.05) is 26.2 Å².